The van der Waals surface area contributed by atoms with Crippen LogP contribution in [0.25, 0.3) is 0 Å². The number of amides is 1. The number of carbonyl (C=O) groups is 2. The quantitative estimate of drug-likeness (QED) is 0.0161. The third kappa shape index (κ3) is 58.3. The molecule has 9 nitrogen and oxygen atoms in total. The average Bonchev–Trinajstić information content (AvgIpc) is 3.42. The molecular weight excluding hydrogens is 1010 g/mol. The van der Waals surface area contributed by atoms with Gasteiger partial charge >= 0.3 is 5.97 Å². The predicted molar refractivity (Wildman–Crippen MR) is 343 cm³/mol. The van der Waals surface area contributed by atoms with Gasteiger partial charge < -0.3 is 28.5 Å². The van der Waals surface area contributed by atoms with E-state index in [0.717, 1.165) is 122 Å². The van der Waals surface area contributed by atoms with Crippen LogP contribution < -0.4 is 10.2 Å². The summed E-state index contributed by atoms with van der Waals surface area (Å²) >= 11 is 0. The molecule has 0 aromatic carbocycles. The van der Waals surface area contributed by atoms with Crippen LogP contribution in [0.15, 0.2) is 158 Å². The van der Waals surface area contributed by atoms with Crippen molar-refractivity contribution in [1.29, 1.82) is 0 Å². The lowest BCUT2D eigenvalue weighted by atomic mass is 10.0. The van der Waals surface area contributed by atoms with Crippen molar-refractivity contribution in [2.24, 2.45) is 0 Å². The third-order valence-electron chi connectivity index (χ3n) is 12.9. The third-order valence-corrected chi connectivity index (χ3v) is 13.8. The van der Waals surface area contributed by atoms with Crippen molar-refractivity contribution in [3.63, 3.8) is 0 Å². The number of hydrogen-bond donors (Lipinski definition) is 1. The minimum atomic E-state index is -4.73. The van der Waals surface area contributed by atoms with E-state index in [9.17, 15) is 19.0 Å². The summed E-state index contributed by atoms with van der Waals surface area (Å²) in [6, 6.07) is -0.931. The summed E-state index contributed by atoms with van der Waals surface area (Å²) in [5, 5.41) is 2.99. The maximum absolute atomic E-state index is 13.5. The van der Waals surface area contributed by atoms with Crippen LogP contribution in [0.1, 0.15) is 220 Å². The zero-order valence-corrected chi connectivity index (χ0v) is 52.4. The monoisotopic (exact) mass is 1130 g/mol. The summed E-state index contributed by atoms with van der Waals surface area (Å²) in [7, 11) is 1.12. The molecule has 0 aromatic rings. The van der Waals surface area contributed by atoms with Crippen LogP contribution in [-0.2, 0) is 27.9 Å². The van der Waals surface area contributed by atoms with Gasteiger partial charge in [0.25, 0.3) is 7.82 Å². The maximum atomic E-state index is 13.5. The van der Waals surface area contributed by atoms with Gasteiger partial charge in [0.05, 0.1) is 33.8 Å². The molecule has 0 heterocycles. The normalized spacial score (nSPS) is 14.7. The van der Waals surface area contributed by atoms with Gasteiger partial charge in [0.2, 0.25) is 5.91 Å². The molecule has 0 saturated heterocycles. The molecule has 3 atom stereocenters. The Morgan fingerprint density at radius 1 is 0.463 bits per heavy atom. The minimum Gasteiger partial charge on any atom is -0.756 e. The van der Waals surface area contributed by atoms with E-state index in [-0.39, 0.29) is 31.3 Å². The van der Waals surface area contributed by atoms with Crippen molar-refractivity contribution in [3.8, 4) is 0 Å². The van der Waals surface area contributed by atoms with Gasteiger partial charge in [-0.25, -0.2) is 0 Å². The molecular formula is C70H115N2O7P. The summed E-state index contributed by atoms with van der Waals surface area (Å²) in [6.07, 6.45) is 85.0. The Hall–Kier alpha value is -4.37. The van der Waals surface area contributed by atoms with Crippen molar-refractivity contribution >= 4 is 19.7 Å². The van der Waals surface area contributed by atoms with E-state index in [0.29, 0.717) is 23.9 Å². The number of ether oxygens (including phenoxy) is 1. The van der Waals surface area contributed by atoms with Gasteiger partial charge in [-0.15, -0.1) is 0 Å². The molecule has 3 unspecified atom stereocenters. The zero-order chi connectivity index (χ0) is 58.6. The summed E-state index contributed by atoms with van der Waals surface area (Å²) in [5.41, 5.74) is 0. The van der Waals surface area contributed by atoms with Crippen molar-refractivity contribution < 1.29 is 37.3 Å². The van der Waals surface area contributed by atoms with Crippen LogP contribution in [0.4, 0.5) is 0 Å². The van der Waals surface area contributed by atoms with Crippen molar-refractivity contribution in [3.05, 3.63) is 158 Å². The highest BCUT2D eigenvalue weighted by molar-refractivity contribution is 7.45. The molecule has 80 heavy (non-hydrogen) atoms. The van der Waals surface area contributed by atoms with Gasteiger partial charge in [0.15, 0.2) is 0 Å². The second-order valence-corrected chi connectivity index (χ2v) is 23.0. The SMILES string of the molecule is CC\C=C/C=C/C=C/C=C\C=C\C=C\CCCCCC(=O)NC(COP(=O)([O-])OCC[N+](C)(C)C)C(/C=C\CCCCCCCCCCCC)OC(=O)CCCCCCCC/C=C\C/C=C\C/C=C\C/C=C\C/C=C\C/C=C\CC. The number of esters is 1. The molecule has 1 amide bonds. The number of phosphoric ester groups is 1. The fourth-order valence-corrected chi connectivity index (χ4v) is 8.81. The van der Waals surface area contributed by atoms with E-state index in [1.54, 1.807) is 0 Å². The van der Waals surface area contributed by atoms with Gasteiger partial charge in [-0.3, -0.25) is 14.2 Å². The van der Waals surface area contributed by atoms with E-state index < -0.39 is 26.6 Å². The molecule has 0 saturated carbocycles. The van der Waals surface area contributed by atoms with E-state index in [2.05, 4.69) is 111 Å². The second kappa shape index (κ2) is 57.8. The topological polar surface area (TPSA) is 114 Å². The molecule has 10 heteroatoms. The summed E-state index contributed by atoms with van der Waals surface area (Å²) in [6.45, 7) is 6.51. The Kier molecular flexibility index (Phi) is 54.7. The first-order valence-corrected chi connectivity index (χ1v) is 32.8. The number of quaternary nitrogens is 1. The number of phosphoric acid groups is 1. The summed E-state index contributed by atoms with van der Waals surface area (Å²) < 4.78 is 30.3. The molecule has 0 radical (unpaired) electrons. The highest BCUT2D eigenvalue weighted by Gasteiger charge is 2.27. The van der Waals surface area contributed by atoms with Crippen molar-refractivity contribution in [2.75, 3.05) is 40.9 Å². The lowest BCUT2D eigenvalue weighted by Crippen LogP contribution is -2.47. The van der Waals surface area contributed by atoms with Gasteiger partial charge in [0.1, 0.15) is 19.3 Å². The minimum absolute atomic E-state index is 0.0439. The zero-order valence-electron chi connectivity index (χ0n) is 51.5. The lowest BCUT2D eigenvalue weighted by Gasteiger charge is -2.30. The first-order chi connectivity index (χ1) is 38.9. The maximum Gasteiger partial charge on any atom is 0.306 e. The standard InChI is InChI=1S/C70H115N2O7P/c1-7-10-13-16-19-22-25-28-30-32-33-34-35-36-37-38-39-41-43-45-48-51-54-57-60-63-70(74)79-68(61-58-55-52-49-46-27-24-21-18-15-12-9-3)67(66-78-80(75,76)77-65-64-72(4,5)6)71-69(73)62-59-56-53-50-47-44-42-40-31-29-26-23-20-17-14-11-8-2/h10-11,13-14,17,19-20,22-23,26,28-31,33-34,36-37,39-42,44,47,58,61,67-68H,7-9,12,15-16,18,21,24-25,27,32,35,38,43,45-46,48-57,59-60,62-66H2,1-6H3,(H-,71,73,75,76)/b13-10-,14-11-,20-17+,22-19-,26-23+,30-28-,31-29-,34-33-,37-36-,41-39-,42-40+,47-44+,61-58-. The molecule has 0 aliphatic rings. The van der Waals surface area contributed by atoms with Crippen LogP contribution >= 0.6 is 7.82 Å². The lowest BCUT2D eigenvalue weighted by molar-refractivity contribution is -0.870. The van der Waals surface area contributed by atoms with Gasteiger partial charge in [-0.05, 0) is 102 Å². The average molecular weight is 1130 g/mol. The number of nitrogens with one attached hydrogen (secondary N) is 1. The number of hydrogen-bond acceptors (Lipinski definition) is 7. The van der Waals surface area contributed by atoms with Crippen LogP contribution in [0, 0.1) is 0 Å². The largest absolute Gasteiger partial charge is 0.756 e. The van der Waals surface area contributed by atoms with Crippen LogP contribution in [-0.4, -0.2) is 69.4 Å². The Labute approximate surface area is 490 Å². The van der Waals surface area contributed by atoms with Gasteiger partial charge in [-0.1, -0.05) is 263 Å². The van der Waals surface area contributed by atoms with E-state index in [4.69, 9.17) is 13.8 Å². The molecule has 1 N–H and O–H groups in total. The molecule has 0 spiro atoms. The van der Waals surface area contributed by atoms with Crippen LogP contribution in [0.3, 0.4) is 0 Å². The number of unbranched alkanes of at least 4 members (excludes halogenated alkanes) is 19. The molecule has 0 aliphatic heterocycles. The predicted octanol–water partition coefficient (Wildman–Crippen LogP) is 19.0. The Bertz CT molecular complexity index is 1920. The summed E-state index contributed by atoms with van der Waals surface area (Å²) in [4.78, 5) is 40.0. The molecule has 0 rings (SSSR count). The number of nitrogens with zero attached hydrogens (tertiary/aromatic N) is 1. The smallest absolute Gasteiger partial charge is 0.306 e. The highest BCUT2D eigenvalue weighted by atomic mass is 31.2. The van der Waals surface area contributed by atoms with Crippen LogP contribution in [0.2, 0.25) is 0 Å². The first kappa shape index (κ1) is 75.6. The molecule has 0 fully saturated rings. The molecule has 0 aromatic heterocycles. The van der Waals surface area contributed by atoms with Crippen molar-refractivity contribution in [2.45, 2.75) is 232 Å². The Morgan fingerprint density at radius 3 is 1.36 bits per heavy atom. The van der Waals surface area contributed by atoms with Gasteiger partial charge in [-0.2, -0.15) is 0 Å². The second-order valence-electron chi connectivity index (χ2n) is 21.6. The number of rotatable bonds is 54. The molecule has 452 valence electrons. The van der Waals surface area contributed by atoms with Gasteiger partial charge in [0, 0.05) is 12.8 Å². The fraction of sp³-hybridized carbons (Fsp3) is 0.600. The van der Waals surface area contributed by atoms with Crippen molar-refractivity contribution in [1.82, 2.24) is 5.32 Å². The number of likely N-dealkylation sites (N-methyl/N-ethyl adjacent to an activating group) is 1. The van der Waals surface area contributed by atoms with Crippen LogP contribution in [0.5, 0.6) is 0 Å². The molecule has 0 aliphatic carbocycles. The summed E-state index contributed by atoms with van der Waals surface area (Å²) in [5.74, 6) is -0.623. The number of allylic oxidation sites excluding steroid dienone is 25. The Morgan fingerprint density at radius 2 is 0.863 bits per heavy atom. The van der Waals surface area contributed by atoms with E-state index in [1.807, 2.05) is 94.1 Å². The highest BCUT2D eigenvalue weighted by Crippen LogP contribution is 2.38. The van der Waals surface area contributed by atoms with E-state index in [1.165, 1.54) is 51.4 Å². The Balaban J connectivity index is 5.33. The van der Waals surface area contributed by atoms with E-state index >= 15 is 0 Å². The fourth-order valence-electron chi connectivity index (χ4n) is 8.08. The first-order valence-electron chi connectivity index (χ1n) is 31.4. The molecule has 0 bridgehead atoms. The number of carbonyl (C=O) groups excluding carboxylic acids is 2.